The molecular weight excluding hydrogens is 230 g/mol. The zero-order valence-electron chi connectivity index (χ0n) is 10.6. The van der Waals surface area contributed by atoms with Crippen molar-refractivity contribution >= 4 is 11.8 Å². The summed E-state index contributed by atoms with van der Waals surface area (Å²) in [5.74, 6) is 2.33. The number of ether oxygens (including phenoxy) is 1. The Kier molecular flexibility index (Phi) is 5.93. The van der Waals surface area contributed by atoms with Crippen LogP contribution in [0.15, 0.2) is 24.3 Å². The average molecular weight is 249 g/mol. The first-order chi connectivity index (χ1) is 8.15. The van der Waals surface area contributed by atoms with E-state index < -0.39 is 0 Å². The summed E-state index contributed by atoms with van der Waals surface area (Å²) in [4.78, 5) is 0. The van der Waals surface area contributed by atoms with Gasteiger partial charge in [0.05, 0.1) is 12.2 Å². The zero-order chi connectivity index (χ0) is 12.7. The van der Waals surface area contributed by atoms with E-state index in [1.165, 1.54) is 0 Å². The molecule has 1 atom stereocenters. The van der Waals surface area contributed by atoms with Gasteiger partial charge < -0.3 is 4.74 Å². The highest BCUT2D eigenvalue weighted by atomic mass is 32.2. The van der Waals surface area contributed by atoms with Crippen LogP contribution in [0.5, 0.6) is 5.75 Å². The summed E-state index contributed by atoms with van der Waals surface area (Å²) in [6.07, 6.45) is 0. The van der Waals surface area contributed by atoms with E-state index in [1.807, 2.05) is 30.0 Å². The van der Waals surface area contributed by atoms with E-state index in [0.717, 1.165) is 5.75 Å². The van der Waals surface area contributed by atoms with Crippen LogP contribution in [0, 0.1) is 17.2 Å². The molecule has 0 spiro atoms. The first kappa shape index (κ1) is 13.9. The Hall–Kier alpha value is -1.14. The highest BCUT2D eigenvalue weighted by Crippen LogP contribution is 2.20. The van der Waals surface area contributed by atoms with E-state index in [9.17, 15) is 0 Å². The van der Waals surface area contributed by atoms with Gasteiger partial charge in [0.2, 0.25) is 0 Å². The van der Waals surface area contributed by atoms with Gasteiger partial charge in [-0.15, -0.1) is 0 Å². The van der Waals surface area contributed by atoms with Crippen LogP contribution >= 0.6 is 11.8 Å². The molecular formula is C14H19NOS. The predicted octanol–water partition coefficient (Wildman–Crippen LogP) is 3.71. The Balaban J connectivity index is 2.34. The first-order valence-electron chi connectivity index (χ1n) is 5.88. The first-order valence-corrected chi connectivity index (χ1v) is 6.93. The van der Waals surface area contributed by atoms with Crippen molar-refractivity contribution in [1.29, 1.82) is 5.26 Å². The highest BCUT2D eigenvalue weighted by Gasteiger charge is 2.07. The van der Waals surface area contributed by atoms with Crippen LogP contribution < -0.4 is 4.74 Å². The summed E-state index contributed by atoms with van der Waals surface area (Å²) < 4.78 is 5.61. The lowest BCUT2D eigenvalue weighted by atomic mass is 10.2. The number of hydrogen-bond donors (Lipinski definition) is 0. The van der Waals surface area contributed by atoms with Crippen molar-refractivity contribution in [2.75, 3.05) is 12.4 Å². The number of benzene rings is 1. The maximum Gasteiger partial charge on any atom is 0.137 e. The smallest absolute Gasteiger partial charge is 0.137 e. The highest BCUT2D eigenvalue weighted by molar-refractivity contribution is 7.99. The van der Waals surface area contributed by atoms with E-state index in [1.54, 1.807) is 6.07 Å². The molecule has 1 aromatic rings. The van der Waals surface area contributed by atoms with Crippen molar-refractivity contribution in [3.05, 3.63) is 29.8 Å². The van der Waals surface area contributed by atoms with Crippen molar-refractivity contribution < 1.29 is 4.74 Å². The molecule has 0 N–H and O–H groups in total. The van der Waals surface area contributed by atoms with Gasteiger partial charge in [-0.1, -0.05) is 32.9 Å². The second-order valence-corrected chi connectivity index (χ2v) is 5.76. The molecule has 92 valence electrons. The van der Waals surface area contributed by atoms with Gasteiger partial charge in [-0.2, -0.15) is 17.0 Å². The SMILES string of the molecule is CC(C)C(C)SCCOc1ccccc1C#N. The topological polar surface area (TPSA) is 33.0 Å². The third kappa shape index (κ3) is 4.70. The minimum absolute atomic E-state index is 0.606. The molecule has 0 fully saturated rings. The summed E-state index contributed by atoms with van der Waals surface area (Å²) in [6.45, 7) is 7.34. The van der Waals surface area contributed by atoms with Gasteiger partial charge in [-0.25, -0.2) is 0 Å². The molecule has 0 aliphatic carbocycles. The maximum absolute atomic E-state index is 8.90. The van der Waals surface area contributed by atoms with Crippen molar-refractivity contribution in [3.8, 4) is 11.8 Å². The molecule has 1 aromatic carbocycles. The molecule has 0 aliphatic rings. The minimum atomic E-state index is 0.606. The number of para-hydroxylation sites is 1. The van der Waals surface area contributed by atoms with Gasteiger partial charge in [0.15, 0.2) is 0 Å². The third-order valence-electron chi connectivity index (χ3n) is 2.67. The van der Waals surface area contributed by atoms with Crippen LogP contribution in [-0.2, 0) is 0 Å². The zero-order valence-corrected chi connectivity index (χ0v) is 11.5. The van der Waals surface area contributed by atoms with Crippen molar-refractivity contribution in [2.24, 2.45) is 5.92 Å². The van der Waals surface area contributed by atoms with E-state index in [-0.39, 0.29) is 0 Å². The normalized spacial score (nSPS) is 12.2. The summed E-state index contributed by atoms with van der Waals surface area (Å²) in [5, 5.41) is 9.54. The second kappa shape index (κ2) is 7.24. The fourth-order valence-electron chi connectivity index (χ4n) is 1.26. The van der Waals surface area contributed by atoms with Gasteiger partial charge in [0.1, 0.15) is 11.8 Å². The van der Waals surface area contributed by atoms with Crippen molar-refractivity contribution in [3.63, 3.8) is 0 Å². The Morgan fingerprint density at radius 2 is 2.00 bits per heavy atom. The number of nitrogens with zero attached hydrogens (tertiary/aromatic N) is 1. The lowest BCUT2D eigenvalue weighted by Gasteiger charge is -2.15. The summed E-state index contributed by atoms with van der Waals surface area (Å²) in [7, 11) is 0. The molecule has 0 heterocycles. The number of rotatable bonds is 6. The van der Waals surface area contributed by atoms with E-state index in [4.69, 9.17) is 10.00 Å². The molecule has 0 amide bonds. The molecule has 0 radical (unpaired) electrons. The monoisotopic (exact) mass is 249 g/mol. The fraction of sp³-hybridized carbons (Fsp3) is 0.500. The van der Waals surface area contributed by atoms with Crippen molar-refractivity contribution in [2.45, 2.75) is 26.0 Å². The Bertz CT molecular complexity index is 384. The lowest BCUT2D eigenvalue weighted by molar-refractivity contribution is 0.342. The van der Waals surface area contributed by atoms with Crippen molar-refractivity contribution in [1.82, 2.24) is 0 Å². The summed E-state index contributed by atoms with van der Waals surface area (Å²) >= 11 is 1.91. The molecule has 1 unspecified atom stereocenters. The van der Waals surface area contributed by atoms with Gasteiger partial charge in [0, 0.05) is 11.0 Å². The Labute approximate surface area is 108 Å². The molecule has 17 heavy (non-hydrogen) atoms. The number of nitriles is 1. The van der Waals surface area contributed by atoms with Crippen LogP contribution in [0.1, 0.15) is 26.3 Å². The Morgan fingerprint density at radius 1 is 1.29 bits per heavy atom. The second-order valence-electron chi connectivity index (χ2n) is 4.28. The molecule has 0 saturated carbocycles. The molecule has 0 saturated heterocycles. The van der Waals surface area contributed by atoms with E-state index >= 15 is 0 Å². The molecule has 0 aromatic heterocycles. The Morgan fingerprint density at radius 3 is 2.65 bits per heavy atom. The molecule has 3 heteroatoms. The largest absolute Gasteiger partial charge is 0.491 e. The fourth-order valence-corrected chi connectivity index (χ4v) is 2.20. The molecule has 0 aliphatic heterocycles. The number of hydrogen-bond acceptors (Lipinski definition) is 3. The van der Waals surface area contributed by atoms with E-state index in [0.29, 0.717) is 29.1 Å². The molecule has 1 rings (SSSR count). The summed E-state index contributed by atoms with van der Waals surface area (Å²) in [5.41, 5.74) is 0.606. The average Bonchev–Trinajstić information content (AvgIpc) is 2.34. The van der Waals surface area contributed by atoms with Crippen LogP contribution in [-0.4, -0.2) is 17.6 Å². The maximum atomic E-state index is 8.90. The summed E-state index contributed by atoms with van der Waals surface area (Å²) in [6, 6.07) is 9.49. The van der Waals surface area contributed by atoms with Crippen LogP contribution in [0.4, 0.5) is 0 Å². The van der Waals surface area contributed by atoms with Gasteiger partial charge in [0.25, 0.3) is 0 Å². The van der Waals surface area contributed by atoms with Crippen LogP contribution in [0.2, 0.25) is 0 Å². The van der Waals surface area contributed by atoms with Crippen LogP contribution in [0.25, 0.3) is 0 Å². The van der Waals surface area contributed by atoms with Crippen LogP contribution in [0.3, 0.4) is 0 Å². The number of thioether (sulfide) groups is 1. The molecule has 2 nitrogen and oxygen atoms in total. The lowest BCUT2D eigenvalue weighted by Crippen LogP contribution is -2.10. The minimum Gasteiger partial charge on any atom is -0.491 e. The standard InChI is InChI=1S/C14H19NOS/c1-11(2)12(3)17-9-8-16-14-7-5-4-6-13(14)10-15/h4-7,11-12H,8-9H2,1-3H3. The van der Waals surface area contributed by atoms with Gasteiger partial charge in [-0.3, -0.25) is 0 Å². The van der Waals surface area contributed by atoms with E-state index in [2.05, 4.69) is 26.8 Å². The third-order valence-corrected chi connectivity index (χ3v) is 4.14. The quantitative estimate of drug-likeness (QED) is 0.720. The van der Waals surface area contributed by atoms with Gasteiger partial charge >= 0.3 is 0 Å². The predicted molar refractivity (Wildman–Crippen MR) is 73.4 cm³/mol. The molecule has 0 bridgehead atoms. The van der Waals surface area contributed by atoms with Gasteiger partial charge in [-0.05, 0) is 18.1 Å².